The van der Waals surface area contributed by atoms with Crippen LogP contribution in [0.15, 0.2) is 24.3 Å². The summed E-state index contributed by atoms with van der Waals surface area (Å²) in [5, 5.41) is 1.20. The number of aromatic nitrogens is 1. The standard InChI is InChI=1S/C13H12BrNO/c1-8-9-4-2-3-5-11(9)15-7-6-10(14)13(16)12(8)15/h2-5,10H,6-7H2,1H3. The van der Waals surface area contributed by atoms with E-state index in [4.69, 9.17) is 0 Å². The number of Topliss-reactive ketones (excluding diaryl/α,β-unsaturated/α-hetero) is 1. The maximum Gasteiger partial charge on any atom is 0.193 e. The predicted molar refractivity (Wildman–Crippen MR) is 68.3 cm³/mol. The summed E-state index contributed by atoms with van der Waals surface area (Å²) >= 11 is 3.45. The number of halogens is 1. The summed E-state index contributed by atoms with van der Waals surface area (Å²) in [6.45, 7) is 2.96. The number of hydrogen-bond donors (Lipinski definition) is 0. The predicted octanol–water partition coefficient (Wildman–Crippen LogP) is 3.30. The zero-order chi connectivity index (χ0) is 11.3. The third-order valence-corrected chi connectivity index (χ3v) is 4.22. The number of hydrogen-bond acceptors (Lipinski definition) is 1. The fraction of sp³-hybridized carbons (Fsp3) is 0.308. The van der Waals surface area contributed by atoms with E-state index in [9.17, 15) is 4.79 Å². The molecule has 0 radical (unpaired) electrons. The number of fused-ring (bicyclic) bond motifs is 3. The second-order valence-electron chi connectivity index (χ2n) is 4.26. The highest BCUT2D eigenvalue weighted by Gasteiger charge is 2.29. The molecule has 16 heavy (non-hydrogen) atoms. The van der Waals surface area contributed by atoms with Crippen molar-refractivity contribution in [2.24, 2.45) is 0 Å². The zero-order valence-corrected chi connectivity index (χ0v) is 10.6. The number of aryl methyl sites for hydroxylation is 2. The molecule has 2 nitrogen and oxygen atoms in total. The first-order chi connectivity index (χ1) is 7.70. The molecule has 82 valence electrons. The summed E-state index contributed by atoms with van der Waals surface area (Å²) in [5.74, 6) is 0.222. The Morgan fingerprint density at radius 1 is 1.38 bits per heavy atom. The van der Waals surface area contributed by atoms with Crippen molar-refractivity contribution in [2.45, 2.75) is 24.7 Å². The van der Waals surface area contributed by atoms with Gasteiger partial charge in [-0.25, -0.2) is 0 Å². The molecular weight excluding hydrogens is 266 g/mol. The van der Waals surface area contributed by atoms with Crippen LogP contribution >= 0.6 is 15.9 Å². The van der Waals surface area contributed by atoms with E-state index in [1.54, 1.807) is 0 Å². The van der Waals surface area contributed by atoms with Crippen LogP contribution < -0.4 is 0 Å². The Kier molecular flexibility index (Phi) is 2.18. The summed E-state index contributed by atoms with van der Waals surface area (Å²) in [5.41, 5.74) is 3.18. The fourth-order valence-corrected chi connectivity index (χ4v) is 2.97. The van der Waals surface area contributed by atoms with Gasteiger partial charge in [-0.2, -0.15) is 0 Å². The third kappa shape index (κ3) is 1.21. The molecule has 0 saturated heterocycles. The lowest BCUT2D eigenvalue weighted by Gasteiger charge is -2.19. The Bertz CT molecular complexity index is 585. The van der Waals surface area contributed by atoms with Crippen molar-refractivity contribution in [2.75, 3.05) is 0 Å². The maximum absolute atomic E-state index is 12.1. The molecule has 1 aromatic carbocycles. The van der Waals surface area contributed by atoms with E-state index in [0.29, 0.717) is 0 Å². The summed E-state index contributed by atoms with van der Waals surface area (Å²) in [6, 6.07) is 8.23. The smallest absolute Gasteiger partial charge is 0.193 e. The van der Waals surface area contributed by atoms with Gasteiger partial charge in [-0.05, 0) is 25.0 Å². The van der Waals surface area contributed by atoms with Crippen LogP contribution in [0.25, 0.3) is 10.9 Å². The number of rotatable bonds is 0. The Labute approximate surface area is 102 Å². The lowest BCUT2D eigenvalue weighted by atomic mass is 10.0. The van der Waals surface area contributed by atoms with Gasteiger partial charge in [-0.15, -0.1) is 0 Å². The summed E-state index contributed by atoms with van der Waals surface area (Å²) in [6.07, 6.45) is 0.879. The van der Waals surface area contributed by atoms with Gasteiger partial charge in [0.15, 0.2) is 5.78 Å². The topological polar surface area (TPSA) is 22.0 Å². The Morgan fingerprint density at radius 2 is 2.12 bits per heavy atom. The molecule has 1 aliphatic heterocycles. The number of nitrogens with zero attached hydrogens (tertiary/aromatic N) is 1. The number of carbonyl (C=O) groups is 1. The van der Waals surface area contributed by atoms with Crippen molar-refractivity contribution < 1.29 is 4.79 Å². The van der Waals surface area contributed by atoms with Crippen LogP contribution in [0.2, 0.25) is 0 Å². The first-order valence-electron chi connectivity index (χ1n) is 5.46. The number of para-hydroxylation sites is 1. The van der Waals surface area contributed by atoms with Gasteiger partial charge >= 0.3 is 0 Å². The Hall–Kier alpha value is -1.09. The molecule has 0 N–H and O–H groups in total. The number of carbonyl (C=O) groups excluding carboxylic acids is 1. The Morgan fingerprint density at radius 3 is 2.94 bits per heavy atom. The van der Waals surface area contributed by atoms with E-state index < -0.39 is 0 Å². The van der Waals surface area contributed by atoms with E-state index in [0.717, 1.165) is 24.2 Å². The van der Waals surface area contributed by atoms with Gasteiger partial charge in [0.05, 0.1) is 10.5 Å². The molecule has 2 aromatic rings. The van der Waals surface area contributed by atoms with Gasteiger partial charge in [0.25, 0.3) is 0 Å². The van der Waals surface area contributed by atoms with Gasteiger partial charge in [0, 0.05) is 17.4 Å². The first kappa shape index (κ1) is 10.1. The monoisotopic (exact) mass is 277 g/mol. The van der Waals surface area contributed by atoms with Crippen molar-refractivity contribution in [3.05, 3.63) is 35.5 Å². The Balaban J connectivity index is 2.39. The average molecular weight is 278 g/mol. The summed E-state index contributed by atoms with van der Waals surface area (Å²) in [7, 11) is 0. The molecule has 1 atom stereocenters. The van der Waals surface area contributed by atoms with Crippen molar-refractivity contribution in [3.8, 4) is 0 Å². The van der Waals surface area contributed by atoms with E-state index in [-0.39, 0.29) is 10.6 Å². The second kappa shape index (κ2) is 3.45. The van der Waals surface area contributed by atoms with Crippen LogP contribution in [-0.4, -0.2) is 15.2 Å². The van der Waals surface area contributed by atoms with Gasteiger partial charge in [-0.1, -0.05) is 34.1 Å². The molecule has 0 spiro atoms. The third-order valence-electron chi connectivity index (χ3n) is 3.35. The zero-order valence-electron chi connectivity index (χ0n) is 9.03. The molecule has 1 aromatic heterocycles. The highest BCUT2D eigenvalue weighted by molar-refractivity contribution is 9.10. The SMILES string of the molecule is Cc1c2n(c3ccccc13)CCC(Br)C2=O. The van der Waals surface area contributed by atoms with Gasteiger partial charge < -0.3 is 4.57 Å². The van der Waals surface area contributed by atoms with Crippen molar-refractivity contribution in [3.63, 3.8) is 0 Å². The highest BCUT2D eigenvalue weighted by atomic mass is 79.9. The second-order valence-corrected chi connectivity index (χ2v) is 5.37. The van der Waals surface area contributed by atoms with Gasteiger partial charge in [0.2, 0.25) is 0 Å². The summed E-state index contributed by atoms with van der Waals surface area (Å²) < 4.78 is 2.16. The largest absolute Gasteiger partial charge is 0.338 e. The minimum absolute atomic E-state index is 0.0111. The molecule has 0 bridgehead atoms. The molecule has 0 aliphatic carbocycles. The lowest BCUT2D eigenvalue weighted by Crippen LogP contribution is -2.26. The van der Waals surface area contributed by atoms with Crippen LogP contribution in [0.1, 0.15) is 22.5 Å². The van der Waals surface area contributed by atoms with E-state index in [1.165, 1.54) is 10.9 Å². The fourth-order valence-electron chi connectivity index (χ4n) is 2.55. The molecule has 3 heteroatoms. The van der Waals surface area contributed by atoms with Gasteiger partial charge in [0.1, 0.15) is 0 Å². The molecule has 1 aliphatic rings. The van der Waals surface area contributed by atoms with E-state index >= 15 is 0 Å². The first-order valence-corrected chi connectivity index (χ1v) is 6.38. The van der Waals surface area contributed by atoms with Crippen LogP contribution in [-0.2, 0) is 6.54 Å². The average Bonchev–Trinajstić information content (AvgIpc) is 2.59. The highest BCUT2D eigenvalue weighted by Crippen LogP contribution is 2.31. The van der Waals surface area contributed by atoms with Crippen LogP contribution in [0.3, 0.4) is 0 Å². The molecule has 0 saturated carbocycles. The van der Waals surface area contributed by atoms with Crippen LogP contribution in [0.5, 0.6) is 0 Å². The number of alkyl halides is 1. The number of ketones is 1. The van der Waals surface area contributed by atoms with E-state index in [2.05, 4.69) is 32.6 Å². The molecule has 1 unspecified atom stereocenters. The van der Waals surface area contributed by atoms with E-state index in [1.807, 2.05) is 19.1 Å². The molecule has 0 fully saturated rings. The minimum atomic E-state index is -0.0111. The van der Waals surface area contributed by atoms with Crippen LogP contribution in [0, 0.1) is 6.92 Å². The molecule has 3 rings (SSSR count). The quantitative estimate of drug-likeness (QED) is 0.678. The lowest BCUT2D eigenvalue weighted by molar-refractivity contribution is 0.0965. The summed E-state index contributed by atoms with van der Waals surface area (Å²) in [4.78, 5) is 12.1. The normalized spacial score (nSPS) is 20.1. The van der Waals surface area contributed by atoms with Crippen LogP contribution in [0.4, 0.5) is 0 Å². The van der Waals surface area contributed by atoms with Crippen molar-refractivity contribution in [1.29, 1.82) is 0 Å². The van der Waals surface area contributed by atoms with Gasteiger partial charge in [-0.3, -0.25) is 4.79 Å². The minimum Gasteiger partial charge on any atom is -0.338 e. The number of benzene rings is 1. The van der Waals surface area contributed by atoms with Crippen molar-refractivity contribution in [1.82, 2.24) is 4.57 Å². The van der Waals surface area contributed by atoms with Crippen molar-refractivity contribution >= 4 is 32.6 Å². The molecular formula is C13H12BrNO. The maximum atomic E-state index is 12.1. The molecule has 2 heterocycles. The molecule has 0 amide bonds.